The molecule has 1 amide bonds. The van der Waals surface area contributed by atoms with E-state index in [0.29, 0.717) is 37.2 Å². The van der Waals surface area contributed by atoms with E-state index in [1.54, 1.807) is 28.6 Å². The van der Waals surface area contributed by atoms with E-state index in [2.05, 4.69) is 0 Å². The Morgan fingerprint density at radius 3 is 2.41 bits per heavy atom. The van der Waals surface area contributed by atoms with Crippen molar-refractivity contribution in [2.45, 2.75) is 62.3 Å². The summed E-state index contributed by atoms with van der Waals surface area (Å²) in [6.45, 7) is 1.92. The van der Waals surface area contributed by atoms with Gasteiger partial charge in [0.1, 0.15) is 5.82 Å². The summed E-state index contributed by atoms with van der Waals surface area (Å²) in [5.74, 6) is -0.141. The van der Waals surface area contributed by atoms with E-state index in [9.17, 15) is 17.6 Å². The minimum Gasteiger partial charge on any atom is -0.339 e. The van der Waals surface area contributed by atoms with Crippen LogP contribution < -0.4 is 0 Å². The molecule has 0 saturated carbocycles. The van der Waals surface area contributed by atoms with Crippen molar-refractivity contribution in [3.05, 3.63) is 65.5 Å². The fourth-order valence-electron chi connectivity index (χ4n) is 4.79. The molecule has 0 N–H and O–H groups in total. The molecule has 1 atom stereocenters. The van der Waals surface area contributed by atoms with Gasteiger partial charge in [0.05, 0.1) is 4.90 Å². The van der Waals surface area contributed by atoms with Crippen LogP contribution in [0, 0.1) is 5.82 Å². The minimum absolute atomic E-state index is 0.105. The Labute approximate surface area is 190 Å². The molecule has 2 aromatic rings. The summed E-state index contributed by atoms with van der Waals surface area (Å²) in [4.78, 5) is 15.1. The van der Waals surface area contributed by atoms with Crippen molar-refractivity contribution in [1.82, 2.24) is 9.21 Å². The van der Waals surface area contributed by atoms with E-state index in [1.807, 2.05) is 23.1 Å². The summed E-state index contributed by atoms with van der Waals surface area (Å²) in [5, 5.41) is 0. The van der Waals surface area contributed by atoms with Crippen molar-refractivity contribution in [1.29, 1.82) is 0 Å². The number of sulfonamides is 1. The molecule has 0 spiro atoms. The van der Waals surface area contributed by atoms with E-state index >= 15 is 0 Å². The van der Waals surface area contributed by atoms with Gasteiger partial charge in [-0.3, -0.25) is 4.79 Å². The van der Waals surface area contributed by atoms with Gasteiger partial charge in [0.15, 0.2) is 0 Å². The van der Waals surface area contributed by atoms with Crippen LogP contribution >= 0.6 is 0 Å². The molecule has 5 nitrogen and oxygen atoms in total. The van der Waals surface area contributed by atoms with Crippen LogP contribution in [0.1, 0.15) is 49.7 Å². The molecule has 2 fully saturated rings. The number of likely N-dealkylation sites (tertiary alicyclic amines) is 1. The van der Waals surface area contributed by atoms with Crippen LogP contribution in [0.4, 0.5) is 4.39 Å². The zero-order valence-corrected chi connectivity index (χ0v) is 19.2. The number of hydrogen-bond donors (Lipinski definition) is 0. The molecule has 32 heavy (non-hydrogen) atoms. The highest BCUT2D eigenvalue weighted by atomic mass is 32.2. The number of piperidine rings is 1. The fourth-order valence-corrected chi connectivity index (χ4v) is 6.31. The summed E-state index contributed by atoms with van der Waals surface area (Å²) in [6.07, 6.45) is 6.45. The minimum atomic E-state index is -3.43. The van der Waals surface area contributed by atoms with Crippen molar-refractivity contribution in [2.75, 3.05) is 19.6 Å². The normalized spacial score (nSPS) is 19.9. The number of halogens is 1. The first-order valence-corrected chi connectivity index (χ1v) is 13.0. The Morgan fingerprint density at radius 1 is 0.938 bits per heavy atom. The van der Waals surface area contributed by atoms with Gasteiger partial charge in [-0.05, 0) is 73.9 Å². The first-order valence-electron chi connectivity index (χ1n) is 11.6. The van der Waals surface area contributed by atoms with E-state index in [0.717, 1.165) is 49.8 Å². The second-order valence-corrected chi connectivity index (χ2v) is 10.8. The second kappa shape index (κ2) is 10.1. The highest BCUT2D eigenvalue weighted by molar-refractivity contribution is 7.89. The second-order valence-electron chi connectivity index (χ2n) is 8.83. The van der Waals surface area contributed by atoms with Crippen LogP contribution in [0.5, 0.6) is 0 Å². The number of nitrogens with zero attached hydrogens (tertiary/aromatic N) is 2. The molecule has 172 valence electrons. The molecule has 1 unspecified atom stereocenters. The Hall–Kier alpha value is -2.25. The van der Waals surface area contributed by atoms with Gasteiger partial charge in [0.2, 0.25) is 15.9 Å². The topological polar surface area (TPSA) is 57.7 Å². The van der Waals surface area contributed by atoms with Crippen molar-refractivity contribution in [2.24, 2.45) is 0 Å². The quantitative estimate of drug-likeness (QED) is 0.626. The summed E-state index contributed by atoms with van der Waals surface area (Å²) in [6, 6.07) is 13.7. The lowest BCUT2D eigenvalue weighted by atomic mass is 10.0. The molecule has 2 heterocycles. The molecule has 0 aliphatic carbocycles. The number of amides is 1. The van der Waals surface area contributed by atoms with Gasteiger partial charge in [-0.15, -0.1) is 0 Å². The van der Waals surface area contributed by atoms with Gasteiger partial charge in [0, 0.05) is 32.1 Å². The van der Waals surface area contributed by atoms with Gasteiger partial charge in [-0.1, -0.05) is 30.7 Å². The van der Waals surface area contributed by atoms with Crippen molar-refractivity contribution < 1.29 is 17.6 Å². The van der Waals surface area contributed by atoms with Gasteiger partial charge in [-0.2, -0.15) is 4.31 Å². The smallest absolute Gasteiger partial charge is 0.243 e. The third-order valence-electron chi connectivity index (χ3n) is 6.56. The van der Waals surface area contributed by atoms with Crippen LogP contribution in [-0.2, 0) is 27.7 Å². The monoisotopic (exact) mass is 458 g/mol. The maximum Gasteiger partial charge on any atom is 0.243 e. The molecule has 0 radical (unpaired) electrons. The van der Waals surface area contributed by atoms with Crippen LogP contribution in [0.2, 0.25) is 0 Å². The molecule has 0 aromatic heterocycles. The summed E-state index contributed by atoms with van der Waals surface area (Å²) >= 11 is 0. The molecular weight excluding hydrogens is 427 g/mol. The number of hydrogen-bond acceptors (Lipinski definition) is 3. The van der Waals surface area contributed by atoms with Crippen molar-refractivity contribution in [3.8, 4) is 0 Å². The number of aryl methyl sites for hydroxylation is 1. The lowest BCUT2D eigenvalue weighted by Crippen LogP contribution is -2.37. The Balaban J connectivity index is 1.33. The summed E-state index contributed by atoms with van der Waals surface area (Å²) in [5.41, 5.74) is 1.87. The van der Waals surface area contributed by atoms with Gasteiger partial charge >= 0.3 is 0 Å². The third-order valence-corrected chi connectivity index (χ3v) is 8.47. The lowest BCUT2D eigenvalue weighted by molar-refractivity contribution is -0.131. The highest BCUT2D eigenvalue weighted by Crippen LogP contribution is 2.24. The van der Waals surface area contributed by atoms with Crippen LogP contribution in [0.25, 0.3) is 0 Å². The van der Waals surface area contributed by atoms with Gasteiger partial charge in [0.25, 0.3) is 0 Å². The Morgan fingerprint density at radius 2 is 1.69 bits per heavy atom. The Bertz CT molecular complexity index is 1030. The van der Waals surface area contributed by atoms with Crippen LogP contribution in [0.15, 0.2) is 53.4 Å². The first-order chi connectivity index (χ1) is 15.4. The average molecular weight is 459 g/mol. The predicted molar refractivity (Wildman–Crippen MR) is 122 cm³/mol. The fraction of sp³-hybridized carbons (Fsp3) is 0.480. The van der Waals surface area contributed by atoms with E-state index < -0.39 is 10.0 Å². The SMILES string of the molecule is O=C(CCc1ccc(S(=O)(=O)N2CCCCC2)cc1)N1CCCC1Cc1cccc(F)c1. The number of carbonyl (C=O) groups excluding carboxylic acids is 1. The first kappa shape index (κ1) is 22.9. The molecule has 4 rings (SSSR count). The zero-order valence-electron chi connectivity index (χ0n) is 18.4. The number of benzene rings is 2. The molecule has 2 aromatic carbocycles. The average Bonchev–Trinajstić information content (AvgIpc) is 3.26. The highest BCUT2D eigenvalue weighted by Gasteiger charge is 2.29. The zero-order chi connectivity index (χ0) is 22.6. The van der Waals surface area contributed by atoms with Gasteiger partial charge in [-0.25, -0.2) is 12.8 Å². The lowest BCUT2D eigenvalue weighted by Gasteiger charge is -2.26. The molecule has 0 bridgehead atoms. The van der Waals surface area contributed by atoms with E-state index in [4.69, 9.17) is 0 Å². The maximum atomic E-state index is 13.5. The molecular formula is C25H31FN2O3S. The van der Waals surface area contributed by atoms with E-state index in [1.165, 1.54) is 6.07 Å². The maximum absolute atomic E-state index is 13.5. The van der Waals surface area contributed by atoms with E-state index in [-0.39, 0.29) is 17.8 Å². The van der Waals surface area contributed by atoms with Gasteiger partial charge < -0.3 is 4.90 Å². The molecule has 2 aliphatic rings. The summed E-state index contributed by atoms with van der Waals surface area (Å²) < 4.78 is 40.6. The van der Waals surface area contributed by atoms with Crippen molar-refractivity contribution in [3.63, 3.8) is 0 Å². The summed E-state index contributed by atoms with van der Waals surface area (Å²) in [7, 11) is -3.43. The molecule has 2 saturated heterocycles. The molecule has 7 heteroatoms. The standard InChI is InChI=1S/C25H31FN2O3S/c26-22-7-4-6-21(18-22)19-23-8-5-17-28(23)25(29)14-11-20-9-12-24(13-10-20)32(30,31)27-15-2-1-3-16-27/h4,6-7,9-10,12-13,18,23H,1-3,5,8,11,14-17,19H2. The Kier molecular flexibility index (Phi) is 7.26. The third kappa shape index (κ3) is 5.38. The predicted octanol–water partition coefficient (Wildman–Crippen LogP) is 4.17. The van der Waals surface area contributed by atoms with Crippen LogP contribution in [0.3, 0.4) is 0 Å². The number of carbonyl (C=O) groups is 1. The van der Waals surface area contributed by atoms with Crippen molar-refractivity contribution >= 4 is 15.9 Å². The molecule has 2 aliphatic heterocycles. The number of rotatable bonds is 7. The van der Waals surface area contributed by atoms with Crippen LogP contribution in [-0.4, -0.2) is 49.2 Å². The largest absolute Gasteiger partial charge is 0.339 e.